The number of hydrogen-bond acceptors (Lipinski definition) is 3. The minimum Gasteiger partial charge on any atom is -0.496 e. The van der Waals surface area contributed by atoms with E-state index in [9.17, 15) is 0 Å². The van der Waals surface area contributed by atoms with Gasteiger partial charge in [-0.05, 0) is 36.6 Å². The van der Waals surface area contributed by atoms with E-state index in [1.165, 1.54) is 18.4 Å². The average molecular weight is 301 g/mol. The molecule has 0 heterocycles. The molecule has 1 aromatic rings. The Morgan fingerprint density at radius 3 is 2.82 bits per heavy atom. The van der Waals surface area contributed by atoms with Gasteiger partial charge in [-0.1, -0.05) is 35.7 Å². The zero-order valence-corrected chi connectivity index (χ0v) is 12.1. The van der Waals surface area contributed by atoms with Crippen molar-refractivity contribution < 1.29 is 4.74 Å². The van der Waals surface area contributed by atoms with Crippen LogP contribution >= 0.6 is 15.9 Å². The largest absolute Gasteiger partial charge is 0.496 e. The monoisotopic (exact) mass is 300 g/mol. The lowest BCUT2D eigenvalue weighted by molar-refractivity contribution is 0.401. The molecule has 1 rings (SSSR count). The SMILES string of the molecule is CCCCC(Cc1cc(Br)ccc1OC)NN. The fraction of sp³-hybridized carbons (Fsp3) is 0.538. The fourth-order valence-electron chi connectivity index (χ4n) is 1.87. The van der Waals surface area contributed by atoms with Crippen LogP contribution in [0.3, 0.4) is 0 Å². The molecule has 0 radical (unpaired) electrons. The molecule has 0 spiro atoms. The summed E-state index contributed by atoms with van der Waals surface area (Å²) in [5, 5.41) is 0. The van der Waals surface area contributed by atoms with Crippen molar-refractivity contribution in [2.24, 2.45) is 5.84 Å². The predicted octanol–water partition coefficient (Wildman–Crippen LogP) is 3.02. The fourth-order valence-corrected chi connectivity index (χ4v) is 2.28. The number of unbranched alkanes of at least 4 members (excludes halogenated alkanes) is 1. The third-order valence-corrected chi connectivity index (χ3v) is 3.34. The summed E-state index contributed by atoms with van der Waals surface area (Å²) in [5.41, 5.74) is 4.07. The van der Waals surface area contributed by atoms with E-state index >= 15 is 0 Å². The van der Waals surface area contributed by atoms with Gasteiger partial charge in [0.1, 0.15) is 5.75 Å². The maximum Gasteiger partial charge on any atom is 0.122 e. The van der Waals surface area contributed by atoms with Crippen LogP contribution < -0.4 is 16.0 Å². The molecule has 0 saturated heterocycles. The second kappa shape index (κ2) is 7.69. The quantitative estimate of drug-likeness (QED) is 0.601. The second-order valence-electron chi connectivity index (χ2n) is 4.17. The summed E-state index contributed by atoms with van der Waals surface area (Å²) >= 11 is 3.48. The van der Waals surface area contributed by atoms with Gasteiger partial charge in [0, 0.05) is 10.5 Å². The van der Waals surface area contributed by atoms with Crippen molar-refractivity contribution in [2.45, 2.75) is 38.6 Å². The van der Waals surface area contributed by atoms with E-state index < -0.39 is 0 Å². The van der Waals surface area contributed by atoms with Crippen LogP contribution in [0.4, 0.5) is 0 Å². The Morgan fingerprint density at radius 1 is 1.47 bits per heavy atom. The Labute approximate surface area is 112 Å². The first-order valence-corrected chi connectivity index (χ1v) is 6.79. The van der Waals surface area contributed by atoms with Gasteiger partial charge in [0.05, 0.1) is 7.11 Å². The van der Waals surface area contributed by atoms with E-state index in [-0.39, 0.29) is 0 Å². The van der Waals surface area contributed by atoms with Gasteiger partial charge in [0.15, 0.2) is 0 Å². The van der Waals surface area contributed by atoms with E-state index in [0.717, 1.165) is 23.1 Å². The van der Waals surface area contributed by atoms with E-state index in [1.807, 2.05) is 12.1 Å². The van der Waals surface area contributed by atoms with Gasteiger partial charge in [0.25, 0.3) is 0 Å². The molecule has 3 N–H and O–H groups in total. The van der Waals surface area contributed by atoms with Crippen molar-refractivity contribution in [1.29, 1.82) is 0 Å². The molecule has 0 aliphatic carbocycles. The highest BCUT2D eigenvalue weighted by Crippen LogP contribution is 2.24. The third kappa shape index (κ3) is 4.66. The normalized spacial score (nSPS) is 12.5. The Balaban J connectivity index is 2.73. The third-order valence-electron chi connectivity index (χ3n) is 2.85. The lowest BCUT2D eigenvalue weighted by Crippen LogP contribution is -2.36. The number of ether oxygens (including phenoxy) is 1. The van der Waals surface area contributed by atoms with Crippen molar-refractivity contribution in [3.8, 4) is 5.75 Å². The van der Waals surface area contributed by atoms with Crippen molar-refractivity contribution in [3.63, 3.8) is 0 Å². The Morgan fingerprint density at radius 2 is 2.24 bits per heavy atom. The topological polar surface area (TPSA) is 47.3 Å². The van der Waals surface area contributed by atoms with Crippen molar-refractivity contribution in [1.82, 2.24) is 5.43 Å². The van der Waals surface area contributed by atoms with Gasteiger partial charge in [-0.25, -0.2) is 0 Å². The molecule has 1 aromatic carbocycles. The number of benzene rings is 1. The molecule has 0 aliphatic rings. The molecule has 0 fully saturated rings. The highest BCUT2D eigenvalue weighted by Gasteiger charge is 2.11. The summed E-state index contributed by atoms with van der Waals surface area (Å²) in [5.74, 6) is 6.51. The lowest BCUT2D eigenvalue weighted by atomic mass is 10.0. The predicted molar refractivity (Wildman–Crippen MR) is 75.0 cm³/mol. The van der Waals surface area contributed by atoms with Gasteiger partial charge in [0.2, 0.25) is 0 Å². The molecule has 0 bridgehead atoms. The van der Waals surface area contributed by atoms with Crippen molar-refractivity contribution >= 4 is 15.9 Å². The van der Waals surface area contributed by atoms with Gasteiger partial charge in [-0.15, -0.1) is 0 Å². The molecule has 0 saturated carbocycles. The molecule has 96 valence electrons. The first-order chi connectivity index (χ1) is 8.21. The molecule has 0 aromatic heterocycles. The maximum atomic E-state index is 5.59. The number of nitrogens with two attached hydrogens (primary N) is 1. The maximum absolute atomic E-state index is 5.59. The number of hydrazine groups is 1. The molecule has 4 heteroatoms. The smallest absolute Gasteiger partial charge is 0.122 e. The summed E-state index contributed by atoms with van der Waals surface area (Å²) in [7, 11) is 1.70. The Hall–Kier alpha value is -0.580. The first-order valence-electron chi connectivity index (χ1n) is 5.99. The number of nitrogens with one attached hydrogen (secondary N) is 1. The molecule has 0 aliphatic heterocycles. The lowest BCUT2D eigenvalue weighted by Gasteiger charge is -2.17. The van der Waals surface area contributed by atoms with Crippen molar-refractivity contribution in [2.75, 3.05) is 7.11 Å². The summed E-state index contributed by atoms with van der Waals surface area (Å²) in [6.07, 6.45) is 4.35. The molecule has 1 atom stereocenters. The first kappa shape index (κ1) is 14.5. The number of halogens is 1. The van der Waals surface area contributed by atoms with Crippen LogP contribution in [0.15, 0.2) is 22.7 Å². The van der Waals surface area contributed by atoms with Crippen LogP contribution in [0, 0.1) is 0 Å². The summed E-state index contributed by atoms with van der Waals surface area (Å²) in [6.45, 7) is 2.19. The van der Waals surface area contributed by atoms with Crippen LogP contribution in [-0.4, -0.2) is 13.2 Å². The number of rotatable bonds is 7. The molecule has 17 heavy (non-hydrogen) atoms. The minimum absolute atomic E-state index is 0.304. The Kier molecular flexibility index (Phi) is 6.55. The Bertz CT molecular complexity index is 344. The zero-order valence-electron chi connectivity index (χ0n) is 10.5. The van der Waals surface area contributed by atoms with Gasteiger partial charge >= 0.3 is 0 Å². The number of methoxy groups -OCH3 is 1. The van der Waals surface area contributed by atoms with Crippen LogP contribution in [0.2, 0.25) is 0 Å². The average Bonchev–Trinajstić information content (AvgIpc) is 2.34. The molecule has 1 unspecified atom stereocenters. The van der Waals surface area contributed by atoms with Crippen LogP contribution in [0.1, 0.15) is 31.7 Å². The van der Waals surface area contributed by atoms with Gasteiger partial charge < -0.3 is 4.74 Å². The standard InChI is InChI=1S/C13H21BrN2O/c1-3-4-5-12(16-15)9-10-8-11(14)6-7-13(10)17-2/h6-8,12,16H,3-5,9,15H2,1-2H3. The van der Waals surface area contributed by atoms with E-state index in [0.29, 0.717) is 6.04 Å². The molecule has 0 amide bonds. The van der Waals surface area contributed by atoms with E-state index in [4.69, 9.17) is 10.6 Å². The van der Waals surface area contributed by atoms with Crippen LogP contribution in [-0.2, 0) is 6.42 Å². The summed E-state index contributed by atoms with van der Waals surface area (Å²) < 4.78 is 6.43. The van der Waals surface area contributed by atoms with E-state index in [2.05, 4.69) is 34.3 Å². The minimum atomic E-state index is 0.304. The molecule has 3 nitrogen and oxygen atoms in total. The number of hydrogen-bond donors (Lipinski definition) is 2. The zero-order chi connectivity index (χ0) is 12.7. The van der Waals surface area contributed by atoms with Crippen LogP contribution in [0.5, 0.6) is 5.75 Å². The van der Waals surface area contributed by atoms with Crippen molar-refractivity contribution in [3.05, 3.63) is 28.2 Å². The summed E-state index contributed by atoms with van der Waals surface area (Å²) in [6, 6.07) is 6.36. The molecular formula is C13H21BrN2O. The second-order valence-corrected chi connectivity index (χ2v) is 5.08. The van der Waals surface area contributed by atoms with Gasteiger partial charge in [-0.3, -0.25) is 11.3 Å². The molecular weight excluding hydrogens is 280 g/mol. The van der Waals surface area contributed by atoms with Gasteiger partial charge in [-0.2, -0.15) is 0 Å². The van der Waals surface area contributed by atoms with Crippen LogP contribution in [0.25, 0.3) is 0 Å². The highest BCUT2D eigenvalue weighted by molar-refractivity contribution is 9.10. The highest BCUT2D eigenvalue weighted by atomic mass is 79.9. The summed E-state index contributed by atoms with van der Waals surface area (Å²) in [4.78, 5) is 0. The van der Waals surface area contributed by atoms with E-state index in [1.54, 1.807) is 7.11 Å².